The Kier molecular flexibility index (Phi) is 7.37. The van der Waals surface area contributed by atoms with Gasteiger partial charge in [-0.05, 0) is 51.6 Å². The number of methoxy groups -OCH3 is 1. The number of halogens is 3. The number of rotatable bonds is 8. The second-order valence-electron chi connectivity index (χ2n) is 7.10. The molecule has 0 radical (unpaired) electrons. The van der Waals surface area contributed by atoms with Crippen molar-refractivity contribution in [3.05, 3.63) is 34.2 Å². The lowest BCUT2D eigenvalue weighted by Crippen LogP contribution is -2.34. The molecule has 1 saturated heterocycles. The lowest BCUT2D eigenvalue weighted by atomic mass is 10.1. The highest BCUT2D eigenvalue weighted by Crippen LogP contribution is 2.39. The fraction of sp³-hybridized carbons (Fsp3) is 0.600. The fourth-order valence-electron chi connectivity index (χ4n) is 3.69. The van der Waals surface area contributed by atoms with Gasteiger partial charge < -0.3 is 14.8 Å². The first-order valence-electron chi connectivity index (χ1n) is 9.77. The van der Waals surface area contributed by atoms with E-state index in [1.165, 1.54) is 13.2 Å². The Labute approximate surface area is 174 Å². The van der Waals surface area contributed by atoms with Crippen LogP contribution in [0.4, 0.5) is 13.2 Å². The van der Waals surface area contributed by atoms with Crippen LogP contribution in [0.3, 0.4) is 0 Å². The van der Waals surface area contributed by atoms with Crippen LogP contribution in [0.15, 0.2) is 23.1 Å². The third-order valence-corrected chi connectivity index (χ3v) is 6.40. The average Bonchev–Trinajstić information content (AvgIpc) is 3.32. The zero-order valence-corrected chi connectivity index (χ0v) is 17.8. The molecule has 5 nitrogen and oxygen atoms in total. The Morgan fingerprint density at radius 3 is 2.76 bits per heavy atom. The van der Waals surface area contributed by atoms with Crippen LogP contribution in [0.1, 0.15) is 30.9 Å². The van der Waals surface area contributed by atoms with Crippen molar-refractivity contribution >= 4 is 17.5 Å². The van der Waals surface area contributed by atoms with Crippen molar-refractivity contribution in [2.75, 3.05) is 40.5 Å². The first-order chi connectivity index (χ1) is 13.9. The van der Waals surface area contributed by atoms with Crippen LogP contribution in [0.2, 0.25) is 0 Å². The van der Waals surface area contributed by atoms with Gasteiger partial charge in [0.2, 0.25) is 0 Å². The minimum Gasteiger partial charge on any atom is -0.497 e. The molecule has 0 amide bonds. The largest absolute Gasteiger partial charge is 0.497 e. The van der Waals surface area contributed by atoms with Crippen molar-refractivity contribution in [1.82, 2.24) is 15.5 Å². The number of benzene rings is 1. The lowest BCUT2D eigenvalue weighted by Gasteiger charge is -2.25. The second-order valence-corrected chi connectivity index (χ2v) is 8.30. The summed E-state index contributed by atoms with van der Waals surface area (Å²) in [5, 5.41) is 6.47. The topological polar surface area (TPSA) is 45.8 Å². The highest BCUT2D eigenvalue weighted by Gasteiger charge is 2.34. The molecule has 2 heterocycles. The molecule has 2 N–H and O–H groups in total. The normalized spacial score (nSPS) is 23.0. The molecule has 2 unspecified atom stereocenters. The standard InChI is InChI=1S/C20H28F3N3O2S/c1-4-28-12-15-6-5-7-26(15)11-17-18(25-19(24-2)29-17)13-8-14(20(21,22)23)10-16(9-13)27-3/h8-10,15,19,24-25H,4-7,11-12H2,1-3H3. The fourth-order valence-corrected chi connectivity index (χ4v) is 4.80. The number of hydrogen-bond acceptors (Lipinski definition) is 6. The van der Waals surface area contributed by atoms with Crippen molar-refractivity contribution < 1.29 is 22.6 Å². The maximum absolute atomic E-state index is 13.4. The van der Waals surface area contributed by atoms with Crippen molar-refractivity contribution in [1.29, 1.82) is 0 Å². The van der Waals surface area contributed by atoms with Gasteiger partial charge in [-0.15, -0.1) is 0 Å². The number of alkyl halides is 3. The van der Waals surface area contributed by atoms with Gasteiger partial charge in [-0.25, -0.2) is 0 Å². The van der Waals surface area contributed by atoms with Gasteiger partial charge in [0.1, 0.15) is 11.2 Å². The van der Waals surface area contributed by atoms with Gasteiger partial charge in [0.05, 0.1) is 25.0 Å². The summed E-state index contributed by atoms with van der Waals surface area (Å²) in [6.45, 7) is 4.99. The van der Waals surface area contributed by atoms with Crippen LogP contribution in [0.5, 0.6) is 5.75 Å². The quantitative estimate of drug-likeness (QED) is 0.654. The number of ether oxygens (including phenoxy) is 2. The van der Waals surface area contributed by atoms with Crippen LogP contribution in [-0.2, 0) is 10.9 Å². The van der Waals surface area contributed by atoms with E-state index in [1.807, 2.05) is 14.0 Å². The van der Waals surface area contributed by atoms with Crippen LogP contribution in [-0.4, -0.2) is 56.9 Å². The summed E-state index contributed by atoms with van der Waals surface area (Å²) in [4.78, 5) is 3.39. The predicted octanol–water partition coefficient (Wildman–Crippen LogP) is 3.72. The Morgan fingerprint density at radius 2 is 2.10 bits per heavy atom. The van der Waals surface area contributed by atoms with E-state index in [1.54, 1.807) is 17.8 Å². The first-order valence-corrected chi connectivity index (χ1v) is 10.7. The minimum atomic E-state index is -4.43. The van der Waals surface area contributed by atoms with Crippen molar-refractivity contribution in [3.63, 3.8) is 0 Å². The Morgan fingerprint density at radius 1 is 1.31 bits per heavy atom. The van der Waals surface area contributed by atoms with Crippen LogP contribution in [0.25, 0.3) is 5.70 Å². The van der Waals surface area contributed by atoms with E-state index in [2.05, 4.69) is 15.5 Å². The van der Waals surface area contributed by atoms with E-state index in [-0.39, 0.29) is 11.2 Å². The zero-order valence-electron chi connectivity index (χ0n) is 16.9. The molecular weight excluding hydrogens is 403 g/mol. The van der Waals surface area contributed by atoms with E-state index in [0.717, 1.165) is 36.1 Å². The van der Waals surface area contributed by atoms with Gasteiger partial charge >= 0.3 is 6.18 Å². The van der Waals surface area contributed by atoms with E-state index in [0.29, 0.717) is 31.4 Å². The van der Waals surface area contributed by atoms with Gasteiger partial charge in [-0.2, -0.15) is 13.2 Å². The first kappa shape index (κ1) is 22.3. The Hall–Kier alpha value is -1.42. The smallest absolute Gasteiger partial charge is 0.416 e. The summed E-state index contributed by atoms with van der Waals surface area (Å²) in [7, 11) is 3.20. The van der Waals surface area contributed by atoms with Gasteiger partial charge in [0.25, 0.3) is 0 Å². The third-order valence-electron chi connectivity index (χ3n) is 5.19. The van der Waals surface area contributed by atoms with Crippen LogP contribution >= 0.6 is 11.8 Å². The molecule has 2 atom stereocenters. The van der Waals surface area contributed by atoms with E-state index < -0.39 is 11.7 Å². The lowest BCUT2D eigenvalue weighted by molar-refractivity contribution is -0.137. The molecule has 1 aromatic carbocycles. The summed E-state index contributed by atoms with van der Waals surface area (Å²) in [6, 6.07) is 4.21. The van der Waals surface area contributed by atoms with Gasteiger partial charge in [0.15, 0.2) is 0 Å². The molecule has 0 spiro atoms. The van der Waals surface area contributed by atoms with Crippen molar-refractivity contribution in [3.8, 4) is 5.75 Å². The summed E-state index contributed by atoms with van der Waals surface area (Å²) in [6.07, 6.45) is -2.26. The molecule has 1 aromatic rings. The minimum absolute atomic E-state index is 0.0894. The molecule has 1 fully saturated rings. The summed E-state index contributed by atoms with van der Waals surface area (Å²) in [5.41, 5.74) is 0.403. The number of nitrogens with one attached hydrogen (secondary N) is 2. The summed E-state index contributed by atoms with van der Waals surface area (Å²) < 4.78 is 50.9. The molecular formula is C20H28F3N3O2S. The molecule has 0 saturated carbocycles. The number of nitrogens with zero attached hydrogens (tertiary/aromatic N) is 1. The Balaban J connectivity index is 1.91. The summed E-state index contributed by atoms with van der Waals surface area (Å²) in [5.74, 6) is 0.191. The van der Waals surface area contributed by atoms with Gasteiger partial charge in [-0.1, -0.05) is 11.8 Å². The van der Waals surface area contributed by atoms with Gasteiger partial charge in [0, 0.05) is 29.7 Å². The van der Waals surface area contributed by atoms with Crippen molar-refractivity contribution in [2.45, 2.75) is 37.5 Å². The molecule has 2 aliphatic rings. The van der Waals surface area contributed by atoms with E-state index >= 15 is 0 Å². The molecule has 2 aliphatic heterocycles. The molecule has 0 aromatic heterocycles. The molecule has 9 heteroatoms. The average molecular weight is 432 g/mol. The Bertz CT molecular complexity index is 742. The van der Waals surface area contributed by atoms with Crippen LogP contribution in [0, 0.1) is 0 Å². The summed E-state index contributed by atoms with van der Waals surface area (Å²) >= 11 is 1.61. The molecule has 0 aliphatic carbocycles. The molecule has 162 valence electrons. The molecule has 0 bridgehead atoms. The SMILES string of the molecule is CCOCC1CCCN1CC1=C(c2cc(OC)cc(C(F)(F)F)c2)NC(NC)S1. The number of hydrogen-bond donors (Lipinski definition) is 2. The van der Waals surface area contributed by atoms with Crippen molar-refractivity contribution in [2.24, 2.45) is 0 Å². The maximum Gasteiger partial charge on any atom is 0.416 e. The monoisotopic (exact) mass is 431 g/mol. The zero-order chi connectivity index (χ0) is 21.0. The van der Waals surface area contributed by atoms with Gasteiger partial charge in [-0.3, -0.25) is 10.2 Å². The molecule has 29 heavy (non-hydrogen) atoms. The van der Waals surface area contributed by atoms with Crippen LogP contribution < -0.4 is 15.4 Å². The molecule has 3 rings (SSSR count). The maximum atomic E-state index is 13.4. The number of likely N-dealkylation sites (tertiary alicyclic amines) is 1. The second kappa shape index (κ2) is 9.59. The predicted molar refractivity (Wildman–Crippen MR) is 110 cm³/mol. The third kappa shape index (κ3) is 5.39. The highest BCUT2D eigenvalue weighted by molar-refractivity contribution is 8.04. The number of thioether (sulfide) groups is 1. The highest BCUT2D eigenvalue weighted by atomic mass is 32.2. The van der Waals surface area contributed by atoms with E-state index in [4.69, 9.17) is 9.47 Å². The van der Waals surface area contributed by atoms with E-state index in [9.17, 15) is 13.2 Å².